The highest BCUT2D eigenvalue weighted by molar-refractivity contribution is 7.93. The number of amides is 1. The van der Waals surface area contributed by atoms with Crippen molar-refractivity contribution >= 4 is 44.0 Å². The largest absolute Gasteiger partial charge is 0.493 e. The number of halogens is 1. The highest BCUT2D eigenvalue weighted by Gasteiger charge is 2.20. The van der Waals surface area contributed by atoms with Gasteiger partial charge in [0.15, 0.2) is 16.6 Å². The van der Waals surface area contributed by atoms with Crippen LogP contribution in [-0.4, -0.2) is 40.1 Å². The molecule has 2 aromatic carbocycles. The molecular formula is C21H22ClN3O5S2. The first kappa shape index (κ1) is 23.8. The number of sulfonamides is 1. The molecule has 0 aliphatic rings. The van der Waals surface area contributed by atoms with E-state index in [4.69, 9.17) is 21.1 Å². The smallest absolute Gasteiger partial charge is 0.263 e. The molecule has 1 amide bonds. The van der Waals surface area contributed by atoms with E-state index in [1.54, 1.807) is 21.1 Å². The highest BCUT2D eigenvalue weighted by Crippen LogP contribution is 2.28. The summed E-state index contributed by atoms with van der Waals surface area (Å²) in [5.41, 5.74) is 1.41. The van der Waals surface area contributed by atoms with Crippen molar-refractivity contribution < 1.29 is 22.7 Å². The van der Waals surface area contributed by atoms with Gasteiger partial charge in [-0.25, -0.2) is 13.4 Å². The number of thiazole rings is 1. The average Bonchev–Trinajstić information content (AvgIpc) is 3.13. The second kappa shape index (κ2) is 10.2. The molecule has 11 heteroatoms. The predicted octanol–water partition coefficient (Wildman–Crippen LogP) is 3.90. The third-order valence-corrected chi connectivity index (χ3v) is 7.30. The van der Waals surface area contributed by atoms with Crippen molar-refractivity contribution in [2.24, 2.45) is 0 Å². The van der Waals surface area contributed by atoms with Crippen LogP contribution in [0.4, 0.5) is 5.13 Å². The Bertz CT molecular complexity index is 1210. The molecule has 0 unspecified atom stereocenters. The minimum Gasteiger partial charge on any atom is -0.493 e. The second-order valence-electron chi connectivity index (χ2n) is 6.69. The number of nitrogens with zero attached hydrogens (tertiary/aromatic N) is 1. The Morgan fingerprint density at radius 1 is 1.09 bits per heavy atom. The van der Waals surface area contributed by atoms with Crippen LogP contribution in [0.5, 0.6) is 11.5 Å². The van der Waals surface area contributed by atoms with Gasteiger partial charge in [-0.05, 0) is 55.3 Å². The van der Waals surface area contributed by atoms with Crippen LogP contribution >= 0.6 is 22.9 Å². The fraction of sp³-hybridized carbons (Fsp3) is 0.238. The van der Waals surface area contributed by atoms with Gasteiger partial charge in [0, 0.05) is 11.6 Å². The van der Waals surface area contributed by atoms with Crippen LogP contribution in [0.25, 0.3) is 0 Å². The molecule has 3 aromatic rings. The number of anilines is 1. The van der Waals surface area contributed by atoms with Gasteiger partial charge in [0.05, 0.1) is 24.8 Å². The standard InChI is InChI=1S/C21H22ClN3O5S2/c1-13-19(20(26)23-11-10-14-4-9-17(29-2)18(12-14)30-3)31-21(24-13)25-32(27,28)16-7-5-15(22)6-8-16/h4-9,12H,10-11H2,1-3H3,(H,23,26)(H,24,25). The zero-order valence-corrected chi connectivity index (χ0v) is 20.0. The Balaban J connectivity index is 1.63. The molecule has 1 heterocycles. The summed E-state index contributed by atoms with van der Waals surface area (Å²) in [5.74, 6) is 0.929. The quantitative estimate of drug-likeness (QED) is 0.466. The lowest BCUT2D eigenvalue weighted by Gasteiger charge is -2.10. The minimum absolute atomic E-state index is 0.0516. The summed E-state index contributed by atoms with van der Waals surface area (Å²) in [5, 5.41) is 3.38. The van der Waals surface area contributed by atoms with E-state index in [9.17, 15) is 13.2 Å². The summed E-state index contributed by atoms with van der Waals surface area (Å²) < 4.78 is 38.0. The SMILES string of the molecule is COc1ccc(CCNC(=O)c2sc(NS(=O)(=O)c3ccc(Cl)cc3)nc2C)cc1OC. The molecule has 0 atom stereocenters. The number of carbonyl (C=O) groups is 1. The highest BCUT2D eigenvalue weighted by atomic mass is 35.5. The van der Waals surface area contributed by atoms with Crippen molar-refractivity contribution in [2.75, 3.05) is 25.5 Å². The number of benzene rings is 2. The number of nitrogens with one attached hydrogen (secondary N) is 2. The number of aryl methyl sites for hydroxylation is 1. The Morgan fingerprint density at radius 2 is 1.78 bits per heavy atom. The Morgan fingerprint density at radius 3 is 2.44 bits per heavy atom. The van der Waals surface area contributed by atoms with Crippen molar-refractivity contribution in [3.63, 3.8) is 0 Å². The molecule has 32 heavy (non-hydrogen) atoms. The fourth-order valence-electron chi connectivity index (χ4n) is 2.88. The molecule has 3 rings (SSSR count). The number of methoxy groups -OCH3 is 2. The van der Waals surface area contributed by atoms with Crippen LogP contribution in [0, 0.1) is 6.92 Å². The van der Waals surface area contributed by atoms with E-state index in [2.05, 4.69) is 15.0 Å². The monoisotopic (exact) mass is 495 g/mol. The van der Waals surface area contributed by atoms with Crippen LogP contribution in [-0.2, 0) is 16.4 Å². The summed E-state index contributed by atoms with van der Waals surface area (Å²) >= 11 is 6.78. The molecule has 1 aromatic heterocycles. The van der Waals surface area contributed by atoms with Crippen molar-refractivity contribution in [1.29, 1.82) is 0 Å². The normalized spacial score (nSPS) is 11.1. The Labute approximate surface area is 195 Å². The van der Waals surface area contributed by atoms with Gasteiger partial charge >= 0.3 is 0 Å². The molecule has 0 bridgehead atoms. The zero-order chi connectivity index (χ0) is 23.3. The molecule has 0 spiro atoms. The second-order valence-corrected chi connectivity index (χ2v) is 9.81. The van der Waals surface area contributed by atoms with Crippen molar-refractivity contribution in [3.05, 3.63) is 63.6 Å². The van der Waals surface area contributed by atoms with E-state index in [0.29, 0.717) is 40.1 Å². The van der Waals surface area contributed by atoms with Crippen LogP contribution < -0.4 is 19.5 Å². The van der Waals surface area contributed by atoms with E-state index in [1.807, 2.05) is 18.2 Å². The number of hydrogen-bond acceptors (Lipinski definition) is 7. The van der Waals surface area contributed by atoms with Gasteiger partial charge in [0.25, 0.3) is 15.9 Å². The van der Waals surface area contributed by atoms with Crippen molar-refractivity contribution in [3.8, 4) is 11.5 Å². The lowest BCUT2D eigenvalue weighted by molar-refractivity contribution is 0.0957. The maximum atomic E-state index is 12.6. The van der Waals surface area contributed by atoms with Gasteiger partial charge in [-0.1, -0.05) is 29.0 Å². The van der Waals surface area contributed by atoms with Gasteiger partial charge in [-0.15, -0.1) is 0 Å². The van der Waals surface area contributed by atoms with Crippen LogP contribution in [0.3, 0.4) is 0 Å². The van der Waals surface area contributed by atoms with E-state index >= 15 is 0 Å². The summed E-state index contributed by atoms with van der Waals surface area (Å²) in [4.78, 5) is 17.2. The zero-order valence-electron chi connectivity index (χ0n) is 17.6. The first-order valence-corrected chi connectivity index (χ1v) is 12.2. The first-order valence-electron chi connectivity index (χ1n) is 9.48. The maximum absolute atomic E-state index is 12.6. The maximum Gasteiger partial charge on any atom is 0.263 e. The number of ether oxygens (including phenoxy) is 2. The molecule has 8 nitrogen and oxygen atoms in total. The van der Waals surface area contributed by atoms with Gasteiger partial charge in [-0.3, -0.25) is 9.52 Å². The summed E-state index contributed by atoms with van der Waals surface area (Å²) in [6.45, 7) is 2.04. The number of aromatic nitrogens is 1. The van der Waals surface area contributed by atoms with Gasteiger partial charge in [0.1, 0.15) is 4.88 Å². The van der Waals surface area contributed by atoms with E-state index < -0.39 is 10.0 Å². The molecule has 0 aliphatic heterocycles. The van der Waals surface area contributed by atoms with E-state index in [-0.39, 0.29) is 15.9 Å². The minimum atomic E-state index is -3.84. The van der Waals surface area contributed by atoms with Crippen LogP contribution in [0.1, 0.15) is 20.9 Å². The molecule has 170 valence electrons. The fourth-order valence-corrected chi connectivity index (χ4v) is 5.12. The van der Waals surface area contributed by atoms with Gasteiger partial charge < -0.3 is 14.8 Å². The van der Waals surface area contributed by atoms with E-state index in [0.717, 1.165) is 16.9 Å². The lowest BCUT2D eigenvalue weighted by atomic mass is 10.1. The van der Waals surface area contributed by atoms with Crippen molar-refractivity contribution in [1.82, 2.24) is 10.3 Å². The third-order valence-electron chi connectivity index (χ3n) is 4.50. The number of rotatable bonds is 9. The number of hydrogen-bond donors (Lipinski definition) is 2. The lowest BCUT2D eigenvalue weighted by Crippen LogP contribution is -2.25. The molecule has 0 saturated heterocycles. The predicted molar refractivity (Wildman–Crippen MR) is 125 cm³/mol. The van der Waals surface area contributed by atoms with E-state index in [1.165, 1.54) is 24.3 Å². The molecular weight excluding hydrogens is 474 g/mol. The molecule has 0 fully saturated rings. The number of carbonyl (C=O) groups excluding carboxylic acids is 1. The Hall–Kier alpha value is -2.82. The topological polar surface area (TPSA) is 107 Å². The molecule has 0 radical (unpaired) electrons. The molecule has 0 saturated carbocycles. The summed E-state index contributed by atoms with van der Waals surface area (Å²) in [6.07, 6.45) is 0.583. The van der Waals surface area contributed by atoms with Gasteiger partial charge in [0.2, 0.25) is 0 Å². The van der Waals surface area contributed by atoms with Crippen LogP contribution in [0.15, 0.2) is 47.4 Å². The first-order chi connectivity index (χ1) is 15.2. The van der Waals surface area contributed by atoms with Crippen molar-refractivity contribution in [2.45, 2.75) is 18.2 Å². The summed E-state index contributed by atoms with van der Waals surface area (Å²) in [7, 11) is -0.707. The summed E-state index contributed by atoms with van der Waals surface area (Å²) in [6, 6.07) is 11.3. The third kappa shape index (κ3) is 5.70. The average molecular weight is 496 g/mol. The molecule has 0 aliphatic carbocycles. The molecule has 2 N–H and O–H groups in total. The van der Waals surface area contributed by atoms with Crippen LogP contribution in [0.2, 0.25) is 5.02 Å². The Kier molecular flexibility index (Phi) is 7.60. The van der Waals surface area contributed by atoms with Gasteiger partial charge in [-0.2, -0.15) is 0 Å².